The van der Waals surface area contributed by atoms with E-state index >= 15 is 0 Å². The molecule has 0 bridgehead atoms. The molecule has 0 aliphatic rings. The fraction of sp³-hybridized carbons (Fsp3) is 0.571. The van der Waals surface area contributed by atoms with Crippen LogP contribution >= 0.6 is 0 Å². The van der Waals surface area contributed by atoms with Crippen LogP contribution in [0.5, 0.6) is 0 Å². The van der Waals surface area contributed by atoms with E-state index in [0.29, 0.717) is 12.3 Å². The molecule has 0 saturated carbocycles. The predicted octanol–water partition coefficient (Wildman–Crippen LogP) is 1.82. The van der Waals surface area contributed by atoms with Crippen molar-refractivity contribution in [1.29, 1.82) is 0 Å². The summed E-state index contributed by atoms with van der Waals surface area (Å²) in [7, 11) is -3.42. The Balaban J connectivity index is 2.73. The second kappa shape index (κ2) is 7.03. The third-order valence-corrected chi connectivity index (χ3v) is 4.31. The van der Waals surface area contributed by atoms with E-state index in [1.54, 1.807) is 0 Å². The molecule has 0 aliphatic carbocycles. The van der Waals surface area contributed by atoms with Crippen molar-refractivity contribution < 1.29 is 13.5 Å². The van der Waals surface area contributed by atoms with Crippen molar-refractivity contribution in [2.24, 2.45) is 5.92 Å². The van der Waals surface area contributed by atoms with Crippen LogP contribution in [-0.4, -0.2) is 26.2 Å². The molecule has 1 aromatic carbocycles. The summed E-state index contributed by atoms with van der Waals surface area (Å²) >= 11 is 0. The maximum absolute atomic E-state index is 12.1. The van der Waals surface area contributed by atoms with Crippen LogP contribution in [0.15, 0.2) is 24.3 Å². The van der Waals surface area contributed by atoms with Gasteiger partial charge in [-0.3, -0.25) is 0 Å². The van der Waals surface area contributed by atoms with E-state index in [2.05, 4.69) is 4.72 Å². The molecule has 0 aromatic heterocycles. The topological polar surface area (TPSA) is 66.4 Å². The number of aliphatic hydroxyl groups excluding tert-OH is 1. The quantitative estimate of drug-likeness (QED) is 0.803. The van der Waals surface area contributed by atoms with Crippen LogP contribution in [0.4, 0.5) is 0 Å². The summed E-state index contributed by atoms with van der Waals surface area (Å²) in [5.74, 6) is 0.284. The number of aryl methyl sites for hydroxylation is 1. The molecule has 5 heteroatoms. The van der Waals surface area contributed by atoms with Crippen LogP contribution in [0.2, 0.25) is 0 Å². The van der Waals surface area contributed by atoms with Gasteiger partial charge in [0, 0.05) is 6.04 Å². The number of rotatable bonds is 7. The molecule has 1 atom stereocenters. The van der Waals surface area contributed by atoms with E-state index < -0.39 is 16.1 Å². The predicted molar refractivity (Wildman–Crippen MR) is 77.3 cm³/mol. The number of aliphatic hydroxyl groups is 1. The summed E-state index contributed by atoms with van der Waals surface area (Å²) in [5.41, 5.74) is 1.74. The van der Waals surface area contributed by atoms with E-state index in [1.165, 1.54) is 0 Å². The maximum atomic E-state index is 12.1. The van der Waals surface area contributed by atoms with Gasteiger partial charge in [0.25, 0.3) is 0 Å². The largest absolute Gasteiger partial charge is 0.395 e. The maximum Gasteiger partial charge on any atom is 0.216 e. The third kappa shape index (κ3) is 5.72. The highest BCUT2D eigenvalue weighted by Gasteiger charge is 2.19. The highest BCUT2D eigenvalue weighted by Crippen LogP contribution is 2.12. The number of hydrogen-bond donors (Lipinski definition) is 2. The van der Waals surface area contributed by atoms with Gasteiger partial charge in [-0.25, -0.2) is 13.1 Å². The average Bonchev–Trinajstić information content (AvgIpc) is 2.30. The molecular formula is C14H23NO3S. The van der Waals surface area contributed by atoms with Gasteiger partial charge in [-0.1, -0.05) is 38.1 Å². The summed E-state index contributed by atoms with van der Waals surface area (Å²) in [6, 6.07) is 7.01. The second-order valence-corrected chi connectivity index (χ2v) is 7.07. The van der Waals surface area contributed by atoms with E-state index in [0.717, 1.165) is 11.1 Å². The summed E-state index contributed by atoms with van der Waals surface area (Å²) < 4.78 is 26.7. The Bertz CT molecular complexity index is 497. The van der Waals surface area contributed by atoms with Gasteiger partial charge >= 0.3 is 0 Å². The van der Waals surface area contributed by atoms with Crippen LogP contribution in [-0.2, 0) is 15.8 Å². The van der Waals surface area contributed by atoms with Gasteiger partial charge in [0.1, 0.15) is 0 Å². The van der Waals surface area contributed by atoms with Crippen molar-refractivity contribution in [3.63, 3.8) is 0 Å². The molecule has 0 saturated heterocycles. The molecule has 19 heavy (non-hydrogen) atoms. The molecule has 0 spiro atoms. The molecule has 0 unspecified atom stereocenters. The van der Waals surface area contributed by atoms with E-state index in [-0.39, 0.29) is 12.4 Å². The number of nitrogens with one attached hydrogen (secondary N) is 1. The Hall–Kier alpha value is -0.910. The Morgan fingerprint density at radius 1 is 1.26 bits per heavy atom. The van der Waals surface area contributed by atoms with Gasteiger partial charge in [-0.15, -0.1) is 0 Å². The lowest BCUT2D eigenvalue weighted by atomic mass is 10.1. The van der Waals surface area contributed by atoms with Crippen LogP contribution in [0.1, 0.15) is 31.4 Å². The van der Waals surface area contributed by atoms with Gasteiger partial charge in [0.15, 0.2) is 0 Å². The monoisotopic (exact) mass is 285 g/mol. The molecular weight excluding hydrogens is 262 g/mol. The number of sulfonamides is 1. The fourth-order valence-corrected chi connectivity index (χ4v) is 3.50. The van der Waals surface area contributed by atoms with E-state index in [1.807, 2.05) is 45.0 Å². The molecule has 2 N–H and O–H groups in total. The minimum Gasteiger partial charge on any atom is -0.395 e. The van der Waals surface area contributed by atoms with E-state index in [4.69, 9.17) is 0 Å². The Labute approximate surface area is 115 Å². The van der Waals surface area contributed by atoms with Crippen LogP contribution in [0, 0.1) is 12.8 Å². The molecule has 4 nitrogen and oxygen atoms in total. The fourth-order valence-electron chi connectivity index (χ4n) is 2.00. The zero-order valence-electron chi connectivity index (χ0n) is 11.8. The lowest BCUT2D eigenvalue weighted by Gasteiger charge is -2.18. The van der Waals surface area contributed by atoms with Crippen LogP contribution in [0.25, 0.3) is 0 Å². The van der Waals surface area contributed by atoms with E-state index in [9.17, 15) is 13.5 Å². The smallest absolute Gasteiger partial charge is 0.216 e. The zero-order valence-corrected chi connectivity index (χ0v) is 12.6. The zero-order chi connectivity index (χ0) is 14.5. The minimum atomic E-state index is -3.42. The molecule has 1 rings (SSSR count). The SMILES string of the molecule is Cc1ccccc1CS(=O)(=O)N[C@@H](CO)CC(C)C. The third-order valence-electron chi connectivity index (χ3n) is 2.93. The first-order chi connectivity index (χ1) is 8.84. The molecule has 0 fully saturated rings. The molecule has 0 radical (unpaired) electrons. The average molecular weight is 285 g/mol. The number of benzene rings is 1. The molecule has 0 heterocycles. The van der Waals surface area contributed by atoms with Crippen molar-refractivity contribution in [1.82, 2.24) is 4.72 Å². The second-order valence-electron chi connectivity index (χ2n) is 5.31. The van der Waals surface area contributed by atoms with Crippen molar-refractivity contribution in [2.45, 2.75) is 39.0 Å². The van der Waals surface area contributed by atoms with Gasteiger partial charge in [0.2, 0.25) is 10.0 Å². The molecule has 0 amide bonds. The van der Waals surface area contributed by atoms with Crippen LogP contribution in [0.3, 0.4) is 0 Å². The summed E-state index contributed by atoms with van der Waals surface area (Å²) in [5, 5.41) is 9.23. The summed E-state index contributed by atoms with van der Waals surface area (Å²) in [4.78, 5) is 0. The highest BCUT2D eigenvalue weighted by molar-refractivity contribution is 7.88. The highest BCUT2D eigenvalue weighted by atomic mass is 32.2. The first-order valence-corrected chi connectivity index (χ1v) is 8.14. The first-order valence-electron chi connectivity index (χ1n) is 6.49. The van der Waals surface area contributed by atoms with Gasteiger partial charge < -0.3 is 5.11 Å². The Morgan fingerprint density at radius 3 is 2.42 bits per heavy atom. The number of hydrogen-bond acceptors (Lipinski definition) is 3. The van der Waals surface area contributed by atoms with Crippen molar-refractivity contribution in [3.05, 3.63) is 35.4 Å². The van der Waals surface area contributed by atoms with Gasteiger partial charge in [0.05, 0.1) is 12.4 Å². The van der Waals surface area contributed by atoms with Gasteiger partial charge in [-0.05, 0) is 30.4 Å². The van der Waals surface area contributed by atoms with Crippen molar-refractivity contribution >= 4 is 10.0 Å². The lowest BCUT2D eigenvalue weighted by Crippen LogP contribution is -2.39. The molecule has 0 aliphatic heterocycles. The molecule has 108 valence electrons. The Morgan fingerprint density at radius 2 is 1.89 bits per heavy atom. The standard InChI is InChI=1S/C14H23NO3S/c1-11(2)8-14(9-16)15-19(17,18)10-13-7-5-4-6-12(13)3/h4-7,11,14-16H,8-10H2,1-3H3/t14-/m1/s1. The molecule has 1 aromatic rings. The van der Waals surface area contributed by atoms with Gasteiger partial charge in [-0.2, -0.15) is 0 Å². The minimum absolute atomic E-state index is 0.0474. The van der Waals surface area contributed by atoms with Crippen molar-refractivity contribution in [3.8, 4) is 0 Å². The summed E-state index contributed by atoms with van der Waals surface area (Å²) in [6.07, 6.45) is 0.628. The first kappa shape index (κ1) is 16.1. The summed E-state index contributed by atoms with van der Waals surface area (Å²) in [6.45, 7) is 5.71. The van der Waals surface area contributed by atoms with Crippen molar-refractivity contribution in [2.75, 3.05) is 6.61 Å². The normalized spacial score (nSPS) is 13.7. The lowest BCUT2D eigenvalue weighted by molar-refractivity contribution is 0.240. The Kier molecular flexibility index (Phi) is 5.97. The van der Waals surface area contributed by atoms with Crippen LogP contribution < -0.4 is 4.72 Å².